The summed E-state index contributed by atoms with van der Waals surface area (Å²) in [5, 5.41) is 0. The van der Waals surface area contributed by atoms with Crippen LogP contribution in [-0.2, 0) is 11.2 Å². The molecular weight excluding hydrogens is 253 g/mol. The highest BCUT2D eigenvalue weighted by Gasteiger charge is 2.11. The van der Waals surface area contributed by atoms with Crippen molar-refractivity contribution in [2.75, 3.05) is 19.0 Å². The van der Waals surface area contributed by atoms with E-state index < -0.39 is 0 Å². The Hall–Kier alpha value is -2.16. The van der Waals surface area contributed by atoms with Crippen LogP contribution in [0.1, 0.15) is 17.0 Å². The number of rotatable bonds is 5. The van der Waals surface area contributed by atoms with Crippen LogP contribution in [0.3, 0.4) is 0 Å². The molecule has 0 saturated carbocycles. The summed E-state index contributed by atoms with van der Waals surface area (Å²) in [6, 6.07) is 14.2. The van der Waals surface area contributed by atoms with E-state index in [1.165, 1.54) is 12.1 Å². The first-order valence-electron chi connectivity index (χ1n) is 6.57. The topological polar surface area (TPSA) is 20.3 Å². The van der Waals surface area contributed by atoms with Crippen LogP contribution in [0.15, 0.2) is 48.5 Å². The second kappa shape index (κ2) is 6.33. The van der Waals surface area contributed by atoms with E-state index in [2.05, 4.69) is 0 Å². The Morgan fingerprint density at radius 2 is 1.65 bits per heavy atom. The first-order chi connectivity index (χ1) is 9.60. The second-order valence-corrected chi connectivity index (χ2v) is 5.06. The fourth-order valence-corrected chi connectivity index (χ4v) is 2.14. The van der Waals surface area contributed by atoms with E-state index in [4.69, 9.17) is 0 Å². The summed E-state index contributed by atoms with van der Waals surface area (Å²) in [6.07, 6.45) is 1.55. The molecule has 104 valence electrons. The van der Waals surface area contributed by atoms with Gasteiger partial charge in [0.15, 0.2) is 0 Å². The summed E-state index contributed by atoms with van der Waals surface area (Å²) in [4.78, 5) is 13.3. The number of nitrogens with zero attached hydrogens (tertiary/aromatic N) is 1. The lowest BCUT2D eigenvalue weighted by atomic mass is 9.93. The molecular formula is C17H18FNO. The number of hydrogen-bond donors (Lipinski definition) is 0. The van der Waals surface area contributed by atoms with Gasteiger partial charge in [0.25, 0.3) is 0 Å². The Morgan fingerprint density at radius 1 is 1.05 bits per heavy atom. The molecule has 2 aromatic carbocycles. The highest BCUT2D eigenvalue weighted by Crippen LogP contribution is 2.21. The predicted octanol–water partition coefficient (Wildman–Crippen LogP) is 3.42. The van der Waals surface area contributed by atoms with E-state index >= 15 is 0 Å². The molecule has 0 aliphatic rings. The molecule has 0 amide bonds. The van der Waals surface area contributed by atoms with Crippen LogP contribution in [0.25, 0.3) is 0 Å². The van der Waals surface area contributed by atoms with E-state index in [0.717, 1.165) is 23.1 Å². The molecule has 0 aliphatic heterocycles. The van der Waals surface area contributed by atoms with Gasteiger partial charge in [-0.2, -0.15) is 0 Å². The van der Waals surface area contributed by atoms with Crippen LogP contribution < -0.4 is 4.90 Å². The minimum Gasteiger partial charge on any atom is -0.378 e. The van der Waals surface area contributed by atoms with Gasteiger partial charge in [0.1, 0.15) is 12.1 Å². The minimum absolute atomic E-state index is 0.235. The Kier molecular flexibility index (Phi) is 4.51. The highest BCUT2D eigenvalue weighted by molar-refractivity contribution is 5.63. The van der Waals surface area contributed by atoms with Crippen molar-refractivity contribution in [2.45, 2.75) is 12.3 Å². The molecule has 2 nitrogen and oxygen atoms in total. The number of halogens is 1. The van der Waals surface area contributed by atoms with Crippen molar-refractivity contribution in [1.82, 2.24) is 0 Å². The number of carbonyl (C=O) groups is 1. The zero-order valence-corrected chi connectivity index (χ0v) is 11.7. The maximum absolute atomic E-state index is 12.9. The summed E-state index contributed by atoms with van der Waals surface area (Å²) in [5.74, 6) is -0.519. The fourth-order valence-electron chi connectivity index (χ4n) is 2.14. The van der Waals surface area contributed by atoms with E-state index in [1.54, 1.807) is 12.1 Å². The predicted molar refractivity (Wildman–Crippen MR) is 79.7 cm³/mol. The molecule has 0 saturated heterocycles. The Morgan fingerprint density at radius 3 is 2.15 bits per heavy atom. The van der Waals surface area contributed by atoms with E-state index in [0.29, 0.717) is 6.42 Å². The molecule has 0 heterocycles. The van der Waals surface area contributed by atoms with Crippen molar-refractivity contribution in [1.29, 1.82) is 0 Å². The molecule has 20 heavy (non-hydrogen) atoms. The summed E-state index contributed by atoms with van der Waals surface area (Å²) < 4.78 is 12.9. The van der Waals surface area contributed by atoms with Gasteiger partial charge in [-0.05, 0) is 41.8 Å². The average molecular weight is 271 g/mol. The van der Waals surface area contributed by atoms with Gasteiger partial charge >= 0.3 is 0 Å². The lowest BCUT2D eigenvalue weighted by Gasteiger charge is -2.14. The van der Waals surface area contributed by atoms with Gasteiger partial charge < -0.3 is 9.69 Å². The normalized spacial score (nSPS) is 11.9. The van der Waals surface area contributed by atoms with Crippen LogP contribution in [0.2, 0.25) is 0 Å². The standard InChI is InChI=1S/C17H18FNO/c1-19(2)17-9-3-13(4-10-17)11-15(12-20)14-5-7-16(18)8-6-14/h3-10,12,15H,11H2,1-2H3. The van der Waals surface area contributed by atoms with Gasteiger partial charge in [-0.15, -0.1) is 0 Å². The summed E-state index contributed by atoms with van der Waals surface area (Å²) in [5.41, 5.74) is 3.06. The van der Waals surface area contributed by atoms with E-state index in [-0.39, 0.29) is 11.7 Å². The Bertz CT molecular complexity index is 561. The third kappa shape index (κ3) is 3.44. The summed E-state index contributed by atoms with van der Waals surface area (Å²) in [7, 11) is 3.98. The SMILES string of the molecule is CN(C)c1ccc(CC(C=O)c2ccc(F)cc2)cc1. The number of benzene rings is 2. The molecule has 0 aliphatic carbocycles. The smallest absolute Gasteiger partial charge is 0.127 e. The van der Waals surface area contributed by atoms with Crippen molar-refractivity contribution in [2.24, 2.45) is 0 Å². The van der Waals surface area contributed by atoms with Gasteiger partial charge in [-0.3, -0.25) is 0 Å². The van der Waals surface area contributed by atoms with Crippen molar-refractivity contribution in [3.63, 3.8) is 0 Å². The minimum atomic E-state index is -0.284. The monoisotopic (exact) mass is 271 g/mol. The fraction of sp³-hybridized carbons (Fsp3) is 0.235. The lowest BCUT2D eigenvalue weighted by Crippen LogP contribution is -2.09. The average Bonchev–Trinajstić information content (AvgIpc) is 2.46. The van der Waals surface area contributed by atoms with Gasteiger partial charge in [0.05, 0.1) is 0 Å². The Balaban J connectivity index is 2.13. The van der Waals surface area contributed by atoms with Crippen LogP contribution >= 0.6 is 0 Å². The zero-order chi connectivity index (χ0) is 14.5. The third-order valence-electron chi connectivity index (χ3n) is 3.37. The lowest BCUT2D eigenvalue weighted by molar-refractivity contribution is -0.109. The van der Waals surface area contributed by atoms with Crippen LogP contribution in [0.4, 0.5) is 10.1 Å². The summed E-state index contributed by atoms with van der Waals surface area (Å²) in [6.45, 7) is 0. The highest BCUT2D eigenvalue weighted by atomic mass is 19.1. The second-order valence-electron chi connectivity index (χ2n) is 5.06. The molecule has 0 spiro atoms. The van der Waals surface area contributed by atoms with Crippen LogP contribution in [-0.4, -0.2) is 20.4 Å². The molecule has 0 aromatic heterocycles. The molecule has 0 radical (unpaired) electrons. The maximum atomic E-state index is 12.9. The molecule has 2 aromatic rings. The molecule has 2 rings (SSSR count). The van der Waals surface area contributed by atoms with Gasteiger partial charge in [-0.1, -0.05) is 24.3 Å². The summed E-state index contributed by atoms with van der Waals surface area (Å²) >= 11 is 0. The number of hydrogen-bond acceptors (Lipinski definition) is 2. The molecule has 1 unspecified atom stereocenters. The Labute approximate surface area is 118 Å². The number of aldehydes is 1. The molecule has 3 heteroatoms. The van der Waals surface area contributed by atoms with Gasteiger partial charge in [0.2, 0.25) is 0 Å². The largest absolute Gasteiger partial charge is 0.378 e. The van der Waals surface area contributed by atoms with E-state index in [1.807, 2.05) is 43.3 Å². The molecule has 0 N–H and O–H groups in total. The van der Waals surface area contributed by atoms with Crippen molar-refractivity contribution < 1.29 is 9.18 Å². The van der Waals surface area contributed by atoms with Crippen molar-refractivity contribution in [3.8, 4) is 0 Å². The zero-order valence-electron chi connectivity index (χ0n) is 11.7. The van der Waals surface area contributed by atoms with Gasteiger partial charge in [0, 0.05) is 25.7 Å². The molecule has 0 fully saturated rings. The van der Waals surface area contributed by atoms with Crippen LogP contribution in [0.5, 0.6) is 0 Å². The van der Waals surface area contributed by atoms with E-state index in [9.17, 15) is 9.18 Å². The van der Waals surface area contributed by atoms with Crippen molar-refractivity contribution in [3.05, 3.63) is 65.5 Å². The quantitative estimate of drug-likeness (QED) is 0.777. The third-order valence-corrected chi connectivity index (χ3v) is 3.37. The number of carbonyl (C=O) groups excluding carboxylic acids is 1. The maximum Gasteiger partial charge on any atom is 0.127 e. The van der Waals surface area contributed by atoms with Gasteiger partial charge in [-0.25, -0.2) is 4.39 Å². The van der Waals surface area contributed by atoms with Crippen molar-refractivity contribution >= 4 is 12.0 Å². The van der Waals surface area contributed by atoms with Crippen LogP contribution in [0, 0.1) is 5.82 Å². The number of anilines is 1. The first-order valence-corrected chi connectivity index (χ1v) is 6.57. The molecule has 1 atom stereocenters. The molecule has 0 bridgehead atoms. The first kappa shape index (κ1) is 14.3.